The predicted molar refractivity (Wildman–Crippen MR) is 93.6 cm³/mol. The summed E-state index contributed by atoms with van der Waals surface area (Å²) < 4.78 is 12.8. The molecule has 1 aromatic carbocycles. The summed E-state index contributed by atoms with van der Waals surface area (Å²) >= 11 is 5.98. The summed E-state index contributed by atoms with van der Waals surface area (Å²) in [6.07, 6.45) is -0.862. The zero-order valence-electron chi connectivity index (χ0n) is 13.9. The molecule has 9 heteroatoms. The lowest BCUT2D eigenvalue weighted by atomic mass is 10.0. The van der Waals surface area contributed by atoms with Crippen molar-refractivity contribution in [2.45, 2.75) is 25.0 Å². The van der Waals surface area contributed by atoms with Crippen molar-refractivity contribution in [1.82, 2.24) is 9.55 Å². The Balaban J connectivity index is 1.55. The van der Waals surface area contributed by atoms with E-state index in [9.17, 15) is 14.7 Å². The Hall–Kier alpha value is -2.52. The molecule has 0 amide bonds. The summed E-state index contributed by atoms with van der Waals surface area (Å²) in [6.45, 7) is 0.180. The highest BCUT2D eigenvalue weighted by Gasteiger charge is 2.46. The predicted octanol–water partition coefficient (Wildman–Crippen LogP) is 1.70. The zero-order valence-corrected chi connectivity index (χ0v) is 14.6. The van der Waals surface area contributed by atoms with Gasteiger partial charge in [0.05, 0.1) is 12.3 Å². The molecule has 2 aliphatic heterocycles. The Morgan fingerprint density at radius 2 is 2.15 bits per heavy atom. The molecule has 0 bridgehead atoms. The Labute approximate surface area is 158 Å². The van der Waals surface area contributed by atoms with Gasteiger partial charge in [-0.1, -0.05) is 17.7 Å². The molecule has 27 heavy (non-hydrogen) atoms. The second-order valence-corrected chi connectivity index (χ2v) is 6.99. The average molecular weight is 388 g/mol. The zero-order chi connectivity index (χ0) is 18.7. The van der Waals surface area contributed by atoms with Gasteiger partial charge < -0.3 is 19.9 Å². The molecule has 1 fully saturated rings. The van der Waals surface area contributed by atoms with Crippen LogP contribution in [0.15, 0.2) is 36.0 Å². The van der Waals surface area contributed by atoms with Gasteiger partial charge in [0, 0.05) is 16.8 Å². The number of hydrogen-bond acceptors (Lipinski definition) is 7. The highest BCUT2D eigenvalue weighted by atomic mass is 35.5. The van der Waals surface area contributed by atoms with E-state index in [1.807, 2.05) is 0 Å². The Kier molecular flexibility index (Phi) is 3.70. The number of nitrogens with one attached hydrogen (secondary N) is 1. The molecule has 3 aliphatic rings. The van der Waals surface area contributed by atoms with Crippen LogP contribution in [0.5, 0.6) is 0 Å². The molecule has 0 unspecified atom stereocenters. The first-order valence-corrected chi connectivity index (χ1v) is 8.76. The fraction of sp³-hybridized carbons (Fsp3) is 0.278. The lowest BCUT2D eigenvalue weighted by Gasteiger charge is -2.29. The summed E-state index contributed by atoms with van der Waals surface area (Å²) in [5.74, 6) is -0.338. The molecule has 0 radical (unpaired) electrons. The number of fused-ring (bicyclic) bond motifs is 5. The molecule has 3 atom stereocenters. The van der Waals surface area contributed by atoms with Crippen molar-refractivity contribution in [3.8, 4) is 0 Å². The molecule has 0 spiro atoms. The number of ketones is 2. The number of aliphatic hydroxyl groups is 1. The number of carbonyl (C=O) groups excluding carboxylic acids is 2. The number of aliphatic hydroxyl groups excluding tert-OH is 1. The molecule has 2 N–H and O–H groups in total. The lowest BCUT2D eigenvalue weighted by molar-refractivity contribution is -0.0992. The van der Waals surface area contributed by atoms with Crippen LogP contribution in [0.2, 0.25) is 5.02 Å². The number of aromatic nitrogens is 2. The SMILES string of the molecule is O=C1C=C(Nc2cccc(Cl)c2)C(=O)c2c1nc1n2[C@H]2OC[C@@H](O)[C@H]2OC1. The van der Waals surface area contributed by atoms with Crippen LogP contribution in [0, 0.1) is 0 Å². The van der Waals surface area contributed by atoms with Gasteiger partial charge in [0.15, 0.2) is 6.23 Å². The minimum atomic E-state index is -0.796. The Morgan fingerprint density at radius 1 is 1.30 bits per heavy atom. The number of hydrogen-bond donors (Lipinski definition) is 2. The van der Waals surface area contributed by atoms with Crippen LogP contribution < -0.4 is 5.32 Å². The number of Topliss-reactive ketones (excluding diaryl/α,β-unsaturated/α-hetero) is 1. The van der Waals surface area contributed by atoms with E-state index in [1.165, 1.54) is 6.08 Å². The second kappa shape index (κ2) is 6.00. The molecule has 1 aromatic heterocycles. The van der Waals surface area contributed by atoms with E-state index in [0.717, 1.165) is 0 Å². The van der Waals surface area contributed by atoms with Gasteiger partial charge >= 0.3 is 0 Å². The van der Waals surface area contributed by atoms with Gasteiger partial charge in [-0.15, -0.1) is 0 Å². The number of allylic oxidation sites excluding steroid dienone is 2. The minimum Gasteiger partial charge on any atom is -0.388 e. The number of anilines is 1. The Morgan fingerprint density at radius 3 is 2.96 bits per heavy atom. The van der Waals surface area contributed by atoms with Gasteiger partial charge in [0.25, 0.3) is 0 Å². The summed E-state index contributed by atoms with van der Waals surface area (Å²) in [7, 11) is 0. The van der Waals surface area contributed by atoms with Crippen molar-refractivity contribution in [3.63, 3.8) is 0 Å². The normalized spacial score (nSPS) is 26.3. The van der Waals surface area contributed by atoms with E-state index in [0.29, 0.717) is 16.5 Å². The molecule has 0 saturated carbocycles. The van der Waals surface area contributed by atoms with Gasteiger partial charge in [0.2, 0.25) is 11.6 Å². The quantitative estimate of drug-likeness (QED) is 0.808. The van der Waals surface area contributed by atoms with E-state index in [1.54, 1.807) is 28.8 Å². The van der Waals surface area contributed by atoms with E-state index in [2.05, 4.69) is 10.3 Å². The highest BCUT2D eigenvalue weighted by Crippen LogP contribution is 2.37. The van der Waals surface area contributed by atoms with E-state index in [4.69, 9.17) is 21.1 Å². The number of halogens is 1. The molecule has 1 saturated heterocycles. The largest absolute Gasteiger partial charge is 0.388 e. The van der Waals surface area contributed by atoms with E-state index < -0.39 is 18.4 Å². The van der Waals surface area contributed by atoms with Crippen molar-refractivity contribution in [2.24, 2.45) is 0 Å². The number of nitrogens with zero attached hydrogens (tertiary/aromatic N) is 2. The van der Waals surface area contributed by atoms with Crippen molar-refractivity contribution < 1.29 is 24.2 Å². The molecular formula is C18H14ClN3O5. The standard InChI is InChI=1S/C18H14ClN3O5/c19-8-2-1-3-9(4-8)20-10-5-11(23)14-15(16(10)25)22-13(21-14)7-26-17-12(24)6-27-18(17)22/h1-5,12,17-18,20,24H,6-7H2/t12-,17-,18+/m1/s1. The first-order valence-electron chi connectivity index (χ1n) is 8.38. The fourth-order valence-electron chi connectivity index (χ4n) is 3.61. The maximum absolute atomic E-state index is 13.1. The lowest BCUT2D eigenvalue weighted by Crippen LogP contribution is -2.38. The monoisotopic (exact) mass is 387 g/mol. The van der Waals surface area contributed by atoms with Gasteiger partial charge in [-0.05, 0) is 18.2 Å². The summed E-state index contributed by atoms with van der Waals surface area (Å²) in [5, 5.41) is 13.5. The van der Waals surface area contributed by atoms with Gasteiger partial charge in [0.1, 0.15) is 36.0 Å². The summed E-state index contributed by atoms with van der Waals surface area (Å²) in [4.78, 5) is 30.0. The first-order chi connectivity index (χ1) is 13.0. The van der Waals surface area contributed by atoms with Crippen LogP contribution in [-0.2, 0) is 16.1 Å². The minimum absolute atomic E-state index is 0.0703. The number of ether oxygens (including phenoxy) is 2. The topological polar surface area (TPSA) is 103 Å². The third-order valence-corrected chi connectivity index (χ3v) is 5.05. The van der Waals surface area contributed by atoms with Crippen LogP contribution in [0.25, 0.3) is 0 Å². The maximum Gasteiger partial charge on any atom is 0.228 e. The fourth-order valence-corrected chi connectivity index (χ4v) is 3.80. The smallest absolute Gasteiger partial charge is 0.228 e. The van der Waals surface area contributed by atoms with Crippen LogP contribution in [0.3, 0.4) is 0 Å². The summed E-state index contributed by atoms with van der Waals surface area (Å²) in [6, 6.07) is 6.85. The molecule has 5 rings (SSSR count). The van der Waals surface area contributed by atoms with Gasteiger partial charge in [-0.25, -0.2) is 4.98 Å². The average Bonchev–Trinajstić information content (AvgIpc) is 3.21. The highest BCUT2D eigenvalue weighted by molar-refractivity contribution is 6.31. The first kappa shape index (κ1) is 16.6. The molecule has 8 nitrogen and oxygen atoms in total. The van der Waals surface area contributed by atoms with Crippen LogP contribution >= 0.6 is 11.6 Å². The molecule has 1 aliphatic carbocycles. The van der Waals surface area contributed by atoms with Crippen LogP contribution in [0.4, 0.5) is 5.69 Å². The van der Waals surface area contributed by atoms with Crippen molar-refractivity contribution in [2.75, 3.05) is 11.9 Å². The third-order valence-electron chi connectivity index (χ3n) is 4.81. The van der Waals surface area contributed by atoms with Crippen molar-refractivity contribution >= 4 is 28.9 Å². The second-order valence-electron chi connectivity index (χ2n) is 6.55. The van der Waals surface area contributed by atoms with E-state index in [-0.39, 0.29) is 41.9 Å². The van der Waals surface area contributed by atoms with Crippen LogP contribution in [-0.4, -0.2) is 45.0 Å². The molecule has 138 valence electrons. The Bertz CT molecular complexity index is 1010. The maximum atomic E-state index is 13.1. The molecule has 3 heterocycles. The van der Waals surface area contributed by atoms with Gasteiger partial charge in [-0.3, -0.25) is 14.2 Å². The number of rotatable bonds is 2. The van der Waals surface area contributed by atoms with Gasteiger partial charge in [-0.2, -0.15) is 0 Å². The number of carbonyl (C=O) groups is 2. The summed E-state index contributed by atoms with van der Waals surface area (Å²) in [5.41, 5.74) is 0.930. The number of benzene rings is 1. The molecular weight excluding hydrogens is 374 g/mol. The number of imidazole rings is 1. The van der Waals surface area contributed by atoms with Crippen molar-refractivity contribution in [1.29, 1.82) is 0 Å². The van der Waals surface area contributed by atoms with Crippen LogP contribution in [0.1, 0.15) is 33.0 Å². The van der Waals surface area contributed by atoms with Crippen molar-refractivity contribution in [3.05, 3.63) is 58.3 Å². The molecule has 2 aromatic rings. The van der Waals surface area contributed by atoms with E-state index >= 15 is 0 Å². The third kappa shape index (κ3) is 2.53.